The predicted octanol–water partition coefficient (Wildman–Crippen LogP) is 2.08. The highest BCUT2D eigenvalue weighted by Gasteiger charge is 2.14. The standard InChI is InChI=1S/C13H11N5O/c1-8-4-2-5-9(10(8)14)13-17-12(18-19-13)11-15-6-3-7-16-11/h2-7H,14H2,1H3. The van der Waals surface area contributed by atoms with Crippen LogP contribution in [0.1, 0.15) is 5.56 Å². The Kier molecular flexibility index (Phi) is 2.68. The van der Waals surface area contributed by atoms with Crippen LogP contribution < -0.4 is 5.73 Å². The second-order valence-corrected chi connectivity index (χ2v) is 4.03. The molecule has 3 aromatic rings. The number of rotatable bonds is 2. The summed E-state index contributed by atoms with van der Waals surface area (Å²) in [5, 5.41) is 3.87. The van der Waals surface area contributed by atoms with Crippen LogP contribution in [0, 0.1) is 6.92 Å². The van der Waals surface area contributed by atoms with Crippen LogP contribution in [0.25, 0.3) is 23.1 Å². The van der Waals surface area contributed by atoms with E-state index in [9.17, 15) is 0 Å². The third-order valence-electron chi connectivity index (χ3n) is 2.75. The molecule has 0 amide bonds. The van der Waals surface area contributed by atoms with Crippen molar-refractivity contribution in [1.29, 1.82) is 0 Å². The van der Waals surface area contributed by atoms with Crippen molar-refractivity contribution < 1.29 is 4.52 Å². The average molecular weight is 253 g/mol. The number of hydrogen-bond donors (Lipinski definition) is 1. The molecule has 6 heteroatoms. The van der Waals surface area contributed by atoms with E-state index in [0.29, 0.717) is 23.2 Å². The number of para-hydroxylation sites is 1. The van der Waals surface area contributed by atoms with Gasteiger partial charge < -0.3 is 10.3 Å². The molecule has 94 valence electrons. The summed E-state index contributed by atoms with van der Waals surface area (Å²) >= 11 is 0. The van der Waals surface area contributed by atoms with Gasteiger partial charge in [-0.1, -0.05) is 17.3 Å². The highest BCUT2D eigenvalue weighted by atomic mass is 16.5. The quantitative estimate of drug-likeness (QED) is 0.703. The lowest BCUT2D eigenvalue weighted by molar-refractivity contribution is 0.432. The van der Waals surface area contributed by atoms with Crippen molar-refractivity contribution in [2.24, 2.45) is 0 Å². The van der Waals surface area contributed by atoms with E-state index in [0.717, 1.165) is 11.1 Å². The van der Waals surface area contributed by atoms with Crippen molar-refractivity contribution in [1.82, 2.24) is 20.1 Å². The van der Waals surface area contributed by atoms with Crippen molar-refractivity contribution >= 4 is 5.69 Å². The maximum atomic E-state index is 6.00. The molecule has 2 heterocycles. The minimum atomic E-state index is 0.344. The van der Waals surface area contributed by atoms with E-state index in [1.807, 2.05) is 25.1 Å². The molecule has 1 aromatic carbocycles. The van der Waals surface area contributed by atoms with Gasteiger partial charge >= 0.3 is 0 Å². The molecule has 6 nitrogen and oxygen atoms in total. The fourth-order valence-electron chi connectivity index (χ4n) is 1.71. The van der Waals surface area contributed by atoms with E-state index in [1.165, 1.54) is 0 Å². The first-order valence-electron chi connectivity index (χ1n) is 5.72. The molecule has 0 saturated carbocycles. The zero-order valence-corrected chi connectivity index (χ0v) is 10.2. The molecular weight excluding hydrogens is 242 g/mol. The van der Waals surface area contributed by atoms with Crippen LogP contribution in [0.15, 0.2) is 41.2 Å². The average Bonchev–Trinajstić information content (AvgIpc) is 2.92. The zero-order valence-electron chi connectivity index (χ0n) is 10.2. The number of aryl methyl sites for hydroxylation is 1. The summed E-state index contributed by atoms with van der Waals surface area (Å²) in [6, 6.07) is 7.38. The van der Waals surface area contributed by atoms with Crippen LogP contribution in [0.5, 0.6) is 0 Å². The lowest BCUT2D eigenvalue weighted by Crippen LogP contribution is -1.93. The predicted molar refractivity (Wildman–Crippen MR) is 69.9 cm³/mol. The number of nitrogen functional groups attached to an aromatic ring is 1. The molecule has 0 aliphatic rings. The van der Waals surface area contributed by atoms with Crippen LogP contribution in [-0.4, -0.2) is 20.1 Å². The number of nitrogens with zero attached hydrogens (tertiary/aromatic N) is 4. The second kappa shape index (κ2) is 4.49. The van der Waals surface area contributed by atoms with Gasteiger partial charge in [0.05, 0.1) is 5.56 Å². The van der Waals surface area contributed by atoms with E-state index in [-0.39, 0.29) is 0 Å². The van der Waals surface area contributed by atoms with Crippen molar-refractivity contribution in [2.45, 2.75) is 6.92 Å². The summed E-state index contributed by atoms with van der Waals surface area (Å²) in [4.78, 5) is 12.4. The lowest BCUT2D eigenvalue weighted by Gasteiger charge is -2.02. The number of nitrogens with two attached hydrogens (primary N) is 1. The van der Waals surface area contributed by atoms with E-state index in [4.69, 9.17) is 10.3 Å². The minimum absolute atomic E-state index is 0.344. The largest absolute Gasteiger partial charge is 0.398 e. The first-order chi connectivity index (χ1) is 9.25. The Bertz CT molecular complexity index is 708. The van der Waals surface area contributed by atoms with Gasteiger partial charge in [0, 0.05) is 18.1 Å². The molecule has 0 unspecified atom stereocenters. The van der Waals surface area contributed by atoms with Gasteiger partial charge in [-0.2, -0.15) is 4.98 Å². The fourth-order valence-corrected chi connectivity index (χ4v) is 1.71. The van der Waals surface area contributed by atoms with Gasteiger partial charge in [-0.25, -0.2) is 9.97 Å². The Morgan fingerprint density at radius 2 is 1.84 bits per heavy atom. The maximum Gasteiger partial charge on any atom is 0.260 e. The van der Waals surface area contributed by atoms with Crippen molar-refractivity contribution in [3.8, 4) is 23.1 Å². The van der Waals surface area contributed by atoms with E-state index < -0.39 is 0 Å². The van der Waals surface area contributed by atoms with Gasteiger partial charge in [0.2, 0.25) is 11.6 Å². The van der Waals surface area contributed by atoms with Crippen LogP contribution in [0.2, 0.25) is 0 Å². The summed E-state index contributed by atoms with van der Waals surface area (Å²) in [6.45, 7) is 1.93. The molecule has 19 heavy (non-hydrogen) atoms. The van der Waals surface area contributed by atoms with Gasteiger partial charge in [-0.3, -0.25) is 0 Å². The van der Waals surface area contributed by atoms with Crippen molar-refractivity contribution in [3.05, 3.63) is 42.2 Å². The van der Waals surface area contributed by atoms with Gasteiger partial charge in [-0.15, -0.1) is 0 Å². The maximum absolute atomic E-state index is 6.00. The normalized spacial score (nSPS) is 10.6. The van der Waals surface area contributed by atoms with E-state index in [2.05, 4.69) is 20.1 Å². The number of hydrogen-bond acceptors (Lipinski definition) is 6. The number of aromatic nitrogens is 4. The van der Waals surface area contributed by atoms with Crippen molar-refractivity contribution in [2.75, 3.05) is 5.73 Å². The molecule has 0 aliphatic carbocycles. The molecule has 0 radical (unpaired) electrons. The summed E-state index contributed by atoms with van der Waals surface area (Å²) in [7, 11) is 0. The Labute approximate surface area is 109 Å². The van der Waals surface area contributed by atoms with Crippen LogP contribution in [0.3, 0.4) is 0 Å². The summed E-state index contributed by atoms with van der Waals surface area (Å²) in [6.07, 6.45) is 3.25. The Balaban J connectivity index is 2.05. The van der Waals surface area contributed by atoms with Crippen LogP contribution in [-0.2, 0) is 0 Å². The minimum Gasteiger partial charge on any atom is -0.398 e. The smallest absolute Gasteiger partial charge is 0.260 e. The molecular formula is C13H11N5O. The van der Waals surface area contributed by atoms with Gasteiger partial charge in [0.15, 0.2) is 0 Å². The molecule has 0 atom stereocenters. The molecule has 3 rings (SSSR count). The molecule has 2 aromatic heterocycles. The molecule has 0 fully saturated rings. The highest BCUT2D eigenvalue weighted by molar-refractivity contribution is 5.73. The SMILES string of the molecule is Cc1cccc(-c2nc(-c3ncccn3)no2)c1N. The fraction of sp³-hybridized carbons (Fsp3) is 0.0769. The van der Waals surface area contributed by atoms with Crippen molar-refractivity contribution in [3.63, 3.8) is 0 Å². The first kappa shape index (κ1) is 11.3. The second-order valence-electron chi connectivity index (χ2n) is 4.03. The van der Waals surface area contributed by atoms with Crippen LogP contribution >= 0.6 is 0 Å². The number of benzene rings is 1. The molecule has 0 bridgehead atoms. The third kappa shape index (κ3) is 2.03. The monoisotopic (exact) mass is 253 g/mol. The Hall–Kier alpha value is -2.76. The molecule has 2 N–H and O–H groups in total. The Morgan fingerprint density at radius 3 is 2.63 bits per heavy atom. The first-order valence-corrected chi connectivity index (χ1v) is 5.72. The van der Waals surface area contributed by atoms with Gasteiger partial charge in [0.1, 0.15) is 0 Å². The zero-order chi connectivity index (χ0) is 13.2. The summed E-state index contributed by atoms with van der Waals surface area (Å²) < 4.78 is 5.22. The topological polar surface area (TPSA) is 90.7 Å². The molecule has 0 spiro atoms. The molecule has 0 saturated heterocycles. The number of anilines is 1. The molecule has 0 aliphatic heterocycles. The summed E-state index contributed by atoms with van der Waals surface area (Å²) in [5.74, 6) is 1.13. The van der Waals surface area contributed by atoms with E-state index in [1.54, 1.807) is 18.5 Å². The Morgan fingerprint density at radius 1 is 1.05 bits per heavy atom. The van der Waals surface area contributed by atoms with Gasteiger partial charge in [0.25, 0.3) is 5.89 Å². The van der Waals surface area contributed by atoms with Gasteiger partial charge in [-0.05, 0) is 24.6 Å². The third-order valence-corrected chi connectivity index (χ3v) is 2.75. The summed E-state index contributed by atoms with van der Waals surface area (Å²) in [5.41, 5.74) is 8.32. The van der Waals surface area contributed by atoms with E-state index >= 15 is 0 Å². The van der Waals surface area contributed by atoms with Crippen LogP contribution in [0.4, 0.5) is 5.69 Å². The highest BCUT2D eigenvalue weighted by Crippen LogP contribution is 2.27. The lowest BCUT2D eigenvalue weighted by atomic mass is 10.1.